The molecule has 3 heteroatoms. The zero-order valence-electron chi connectivity index (χ0n) is 19.4. The molecule has 0 bridgehead atoms. The van der Waals surface area contributed by atoms with Crippen LogP contribution in [0.3, 0.4) is 0 Å². The van der Waals surface area contributed by atoms with E-state index in [0.717, 1.165) is 40.7 Å². The van der Waals surface area contributed by atoms with E-state index >= 15 is 0 Å². The largest absolute Gasteiger partial charge is 0.334 e. The summed E-state index contributed by atoms with van der Waals surface area (Å²) in [6, 6.07) is 31.5. The van der Waals surface area contributed by atoms with E-state index in [1.807, 2.05) is 23.1 Å². The van der Waals surface area contributed by atoms with Crippen molar-refractivity contribution >= 4 is 5.91 Å². The topological polar surface area (TPSA) is 20.3 Å². The van der Waals surface area contributed by atoms with Crippen molar-refractivity contribution in [3.8, 4) is 11.1 Å². The minimum atomic E-state index is -0.262. The highest BCUT2D eigenvalue weighted by molar-refractivity contribution is 5.83. The molecule has 0 heterocycles. The number of carbonyl (C=O) groups excluding carboxylic acids is 1. The van der Waals surface area contributed by atoms with Crippen LogP contribution in [0.4, 0.5) is 4.39 Å². The van der Waals surface area contributed by atoms with Crippen LogP contribution in [-0.4, -0.2) is 16.8 Å². The Labute approximate surface area is 200 Å². The van der Waals surface area contributed by atoms with Gasteiger partial charge in [0.1, 0.15) is 5.82 Å². The molecular formula is C31H28FNO. The number of hydrogen-bond acceptors (Lipinski definition) is 1. The lowest BCUT2D eigenvalue weighted by atomic mass is 9.93. The van der Waals surface area contributed by atoms with Crippen molar-refractivity contribution in [2.45, 2.75) is 38.8 Å². The van der Waals surface area contributed by atoms with E-state index in [2.05, 4.69) is 61.5 Å². The van der Waals surface area contributed by atoms with Crippen LogP contribution in [0.15, 0.2) is 97.1 Å². The second-order valence-electron chi connectivity index (χ2n) is 9.12. The van der Waals surface area contributed by atoms with Crippen molar-refractivity contribution in [2.75, 3.05) is 0 Å². The van der Waals surface area contributed by atoms with Crippen LogP contribution in [0.2, 0.25) is 0 Å². The summed E-state index contributed by atoms with van der Waals surface area (Å²) in [6.45, 7) is 2.55. The highest BCUT2D eigenvalue weighted by Gasteiger charge is 2.30. The molecule has 34 heavy (non-hydrogen) atoms. The van der Waals surface area contributed by atoms with E-state index in [-0.39, 0.29) is 17.8 Å². The van der Waals surface area contributed by atoms with Crippen molar-refractivity contribution in [1.29, 1.82) is 0 Å². The van der Waals surface area contributed by atoms with E-state index in [0.29, 0.717) is 13.0 Å². The molecule has 1 amide bonds. The molecule has 170 valence electrons. The molecule has 0 atom stereocenters. The highest BCUT2D eigenvalue weighted by Crippen LogP contribution is 2.30. The molecule has 1 aliphatic carbocycles. The minimum absolute atomic E-state index is 0.0964. The van der Waals surface area contributed by atoms with Gasteiger partial charge in [0.05, 0.1) is 6.42 Å². The molecule has 0 aliphatic heterocycles. The molecular weight excluding hydrogens is 421 g/mol. The Morgan fingerprint density at radius 1 is 0.824 bits per heavy atom. The van der Waals surface area contributed by atoms with Gasteiger partial charge in [-0.25, -0.2) is 4.39 Å². The third kappa shape index (κ3) is 4.65. The van der Waals surface area contributed by atoms with Gasteiger partial charge in [-0.15, -0.1) is 0 Å². The first-order valence-electron chi connectivity index (χ1n) is 11.8. The average molecular weight is 450 g/mol. The summed E-state index contributed by atoms with van der Waals surface area (Å²) in [4.78, 5) is 15.9. The number of rotatable bonds is 6. The van der Waals surface area contributed by atoms with Gasteiger partial charge in [-0.1, -0.05) is 84.9 Å². The molecule has 5 rings (SSSR count). The molecule has 0 fully saturated rings. The first-order chi connectivity index (χ1) is 16.6. The van der Waals surface area contributed by atoms with Gasteiger partial charge in [-0.2, -0.15) is 0 Å². The first-order valence-corrected chi connectivity index (χ1v) is 11.8. The monoisotopic (exact) mass is 449 g/mol. The average Bonchev–Trinajstić information content (AvgIpc) is 3.29. The van der Waals surface area contributed by atoms with Crippen LogP contribution in [-0.2, 0) is 30.6 Å². The van der Waals surface area contributed by atoms with Gasteiger partial charge < -0.3 is 4.90 Å². The molecule has 2 nitrogen and oxygen atoms in total. The normalized spacial score (nSPS) is 13.0. The Morgan fingerprint density at radius 3 is 2.15 bits per heavy atom. The summed E-state index contributed by atoms with van der Waals surface area (Å²) < 4.78 is 13.5. The Bertz CT molecular complexity index is 1270. The van der Waals surface area contributed by atoms with Crippen molar-refractivity contribution in [3.05, 3.63) is 131 Å². The standard InChI is InChI=1S/C31H28FNO/c1-22-8-7-13-29(24-9-3-2-4-10-24)30(22)20-31(34)33(21-23-14-16-27(32)17-15-23)28-18-25-11-5-6-12-26(25)19-28/h2-17,28H,18-21H2,1H3. The lowest BCUT2D eigenvalue weighted by Gasteiger charge is -2.30. The zero-order valence-corrected chi connectivity index (χ0v) is 19.4. The maximum atomic E-state index is 13.9. The molecule has 4 aromatic rings. The molecule has 0 unspecified atom stereocenters. The number of halogens is 1. The van der Waals surface area contributed by atoms with Gasteiger partial charge >= 0.3 is 0 Å². The van der Waals surface area contributed by atoms with Gasteiger partial charge in [-0.05, 0) is 70.8 Å². The molecule has 4 aromatic carbocycles. The third-order valence-electron chi connectivity index (χ3n) is 6.88. The predicted octanol–water partition coefficient (Wildman–Crippen LogP) is 6.54. The Kier molecular flexibility index (Phi) is 6.27. The lowest BCUT2D eigenvalue weighted by molar-refractivity contribution is -0.133. The number of amides is 1. The van der Waals surface area contributed by atoms with Crippen molar-refractivity contribution in [1.82, 2.24) is 4.90 Å². The van der Waals surface area contributed by atoms with Crippen LogP contribution in [0.5, 0.6) is 0 Å². The summed E-state index contributed by atoms with van der Waals surface area (Å²) in [5.74, 6) is -0.157. The number of fused-ring (bicyclic) bond motifs is 1. The summed E-state index contributed by atoms with van der Waals surface area (Å²) in [6.07, 6.45) is 2.04. The smallest absolute Gasteiger partial charge is 0.227 e. The van der Waals surface area contributed by atoms with Gasteiger partial charge in [0, 0.05) is 12.6 Å². The maximum Gasteiger partial charge on any atom is 0.227 e. The molecule has 0 radical (unpaired) electrons. The summed E-state index contributed by atoms with van der Waals surface area (Å²) in [7, 11) is 0. The quantitative estimate of drug-likeness (QED) is 0.327. The number of nitrogens with zero attached hydrogens (tertiary/aromatic N) is 1. The number of carbonyl (C=O) groups is 1. The Balaban J connectivity index is 1.46. The fraction of sp³-hybridized carbons (Fsp3) is 0.194. The van der Waals surface area contributed by atoms with Crippen LogP contribution in [0, 0.1) is 12.7 Å². The van der Waals surface area contributed by atoms with Gasteiger partial charge in [-0.3, -0.25) is 4.79 Å². The van der Waals surface area contributed by atoms with Crippen LogP contribution < -0.4 is 0 Å². The molecule has 1 aliphatic rings. The van der Waals surface area contributed by atoms with Gasteiger partial charge in [0.15, 0.2) is 0 Å². The molecule has 0 aromatic heterocycles. The van der Waals surface area contributed by atoms with E-state index in [9.17, 15) is 9.18 Å². The first kappa shape index (κ1) is 22.1. The van der Waals surface area contributed by atoms with Crippen LogP contribution in [0.25, 0.3) is 11.1 Å². The van der Waals surface area contributed by atoms with E-state index in [1.165, 1.54) is 23.3 Å². The highest BCUT2D eigenvalue weighted by atomic mass is 19.1. The Hall–Kier alpha value is -3.72. The van der Waals surface area contributed by atoms with Crippen molar-refractivity contribution in [2.24, 2.45) is 0 Å². The lowest BCUT2D eigenvalue weighted by Crippen LogP contribution is -2.41. The van der Waals surface area contributed by atoms with Crippen LogP contribution >= 0.6 is 0 Å². The van der Waals surface area contributed by atoms with Gasteiger partial charge in [0.2, 0.25) is 5.91 Å². The molecule has 0 spiro atoms. The fourth-order valence-electron chi connectivity index (χ4n) is 5.04. The fourth-order valence-corrected chi connectivity index (χ4v) is 5.04. The second kappa shape index (κ2) is 9.64. The molecule has 0 saturated heterocycles. The van der Waals surface area contributed by atoms with E-state index in [4.69, 9.17) is 0 Å². The van der Waals surface area contributed by atoms with E-state index < -0.39 is 0 Å². The maximum absolute atomic E-state index is 13.9. The van der Waals surface area contributed by atoms with Crippen LogP contribution in [0.1, 0.15) is 27.8 Å². The zero-order chi connectivity index (χ0) is 23.5. The van der Waals surface area contributed by atoms with Crippen molar-refractivity contribution < 1.29 is 9.18 Å². The number of aryl methyl sites for hydroxylation is 1. The minimum Gasteiger partial charge on any atom is -0.334 e. The van der Waals surface area contributed by atoms with Gasteiger partial charge in [0.25, 0.3) is 0 Å². The van der Waals surface area contributed by atoms with E-state index in [1.54, 1.807) is 12.1 Å². The number of hydrogen-bond donors (Lipinski definition) is 0. The molecule has 0 N–H and O–H groups in total. The summed E-state index contributed by atoms with van der Waals surface area (Å²) >= 11 is 0. The third-order valence-corrected chi connectivity index (χ3v) is 6.88. The van der Waals surface area contributed by atoms with Crippen molar-refractivity contribution in [3.63, 3.8) is 0 Å². The number of benzene rings is 4. The Morgan fingerprint density at radius 2 is 1.47 bits per heavy atom. The summed E-state index contributed by atoms with van der Waals surface area (Å²) in [5, 5.41) is 0. The SMILES string of the molecule is Cc1cccc(-c2ccccc2)c1CC(=O)N(Cc1ccc(F)cc1)C1Cc2ccccc2C1. The molecule has 0 saturated carbocycles. The second-order valence-corrected chi connectivity index (χ2v) is 9.12. The predicted molar refractivity (Wildman–Crippen MR) is 135 cm³/mol. The summed E-state index contributed by atoms with van der Waals surface area (Å²) in [5.41, 5.74) is 7.97.